The molecule has 92 valence electrons. The predicted octanol–water partition coefficient (Wildman–Crippen LogP) is -1.55. The maximum Gasteiger partial charge on any atom is 0.231 e. The van der Waals surface area contributed by atoms with Gasteiger partial charge in [0, 0.05) is 12.1 Å². The second-order valence-corrected chi connectivity index (χ2v) is 4.19. The normalized spacial score (nSPS) is 25.2. The van der Waals surface area contributed by atoms with E-state index < -0.39 is 0 Å². The van der Waals surface area contributed by atoms with Gasteiger partial charge in [0.15, 0.2) is 0 Å². The largest absolute Gasteiger partial charge is 0.369 e. The van der Waals surface area contributed by atoms with Crippen molar-refractivity contribution >= 4 is 11.8 Å². The SMILES string of the molecule is NC(=O)CN[C@@H]1CCCC[C@H]1NCC(N)=O. The van der Waals surface area contributed by atoms with Gasteiger partial charge in [-0.1, -0.05) is 12.8 Å². The van der Waals surface area contributed by atoms with Crippen LogP contribution in [0.5, 0.6) is 0 Å². The van der Waals surface area contributed by atoms with Crippen molar-refractivity contribution in [3.05, 3.63) is 0 Å². The molecule has 1 fully saturated rings. The monoisotopic (exact) mass is 228 g/mol. The van der Waals surface area contributed by atoms with E-state index in [9.17, 15) is 9.59 Å². The Morgan fingerprint density at radius 2 is 1.31 bits per heavy atom. The molecule has 0 aromatic rings. The van der Waals surface area contributed by atoms with Crippen molar-refractivity contribution in [3.63, 3.8) is 0 Å². The molecule has 0 aliphatic heterocycles. The summed E-state index contributed by atoms with van der Waals surface area (Å²) in [4.78, 5) is 21.4. The van der Waals surface area contributed by atoms with Gasteiger partial charge in [0.25, 0.3) is 0 Å². The first-order chi connectivity index (χ1) is 7.59. The molecule has 16 heavy (non-hydrogen) atoms. The summed E-state index contributed by atoms with van der Waals surface area (Å²) in [5.74, 6) is -0.724. The van der Waals surface area contributed by atoms with Crippen LogP contribution in [0.1, 0.15) is 25.7 Å². The highest BCUT2D eigenvalue weighted by atomic mass is 16.1. The van der Waals surface area contributed by atoms with Gasteiger partial charge in [-0.15, -0.1) is 0 Å². The summed E-state index contributed by atoms with van der Waals surface area (Å²) in [6, 6.07) is 0.390. The first kappa shape index (κ1) is 12.9. The lowest BCUT2D eigenvalue weighted by Gasteiger charge is -2.32. The summed E-state index contributed by atoms with van der Waals surface area (Å²) in [5, 5.41) is 6.21. The van der Waals surface area contributed by atoms with Gasteiger partial charge in [0.2, 0.25) is 11.8 Å². The van der Waals surface area contributed by atoms with Crippen LogP contribution in [0, 0.1) is 0 Å². The fourth-order valence-corrected chi connectivity index (χ4v) is 2.08. The van der Waals surface area contributed by atoms with E-state index in [0.717, 1.165) is 25.7 Å². The molecule has 6 heteroatoms. The van der Waals surface area contributed by atoms with Crippen molar-refractivity contribution < 1.29 is 9.59 Å². The third kappa shape index (κ3) is 4.59. The lowest BCUT2D eigenvalue weighted by molar-refractivity contribution is -0.118. The average Bonchev–Trinajstić information content (AvgIpc) is 2.24. The molecule has 1 saturated carbocycles. The number of amides is 2. The molecule has 0 saturated heterocycles. The lowest BCUT2D eigenvalue weighted by atomic mass is 9.90. The van der Waals surface area contributed by atoms with Gasteiger partial charge in [-0.05, 0) is 12.8 Å². The first-order valence-corrected chi connectivity index (χ1v) is 5.63. The Balaban J connectivity index is 2.37. The number of nitrogens with one attached hydrogen (secondary N) is 2. The van der Waals surface area contributed by atoms with Crippen LogP contribution in [-0.4, -0.2) is 37.0 Å². The second-order valence-electron chi connectivity index (χ2n) is 4.19. The molecule has 0 unspecified atom stereocenters. The third-order valence-electron chi connectivity index (χ3n) is 2.84. The molecule has 6 nitrogen and oxygen atoms in total. The molecule has 1 rings (SSSR count). The van der Waals surface area contributed by atoms with Crippen LogP contribution < -0.4 is 22.1 Å². The van der Waals surface area contributed by atoms with Crippen LogP contribution in [0.3, 0.4) is 0 Å². The van der Waals surface area contributed by atoms with E-state index in [0.29, 0.717) is 0 Å². The summed E-state index contributed by atoms with van der Waals surface area (Å²) in [7, 11) is 0. The Hall–Kier alpha value is -1.14. The van der Waals surface area contributed by atoms with E-state index in [1.165, 1.54) is 0 Å². The Kier molecular flexibility index (Phi) is 5.21. The van der Waals surface area contributed by atoms with Crippen LogP contribution in [0.15, 0.2) is 0 Å². The van der Waals surface area contributed by atoms with Crippen LogP contribution in [0.2, 0.25) is 0 Å². The molecule has 1 aliphatic rings. The van der Waals surface area contributed by atoms with Crippen LogP contribution in [0.4, 0.5) is 0 Å². The van der Waals surface area contributed by atoms with Crippen molar-refractivity contribution in [1.29, 1.82) is 0 Å². The van der Waals surface area contributed by atoms with Gasteiger partial charge in [0.05, 0.1) is 13.1 Å². The minimum absolute atomic E-state index is 0.180. The number of hydrogen-bond acceptors (Lipinski definition) is 4. The molecule has 0 bridgehead atoms. The molecule has 0 aromatic heterocycles. The third-order valence-corrected chi connectivity index (χ3v) is 2.84. The van der Waals surface area contributed by atoms with Crippen molar-refractivity contribution in [2.24, 2.45) is 11.5 Å². The van der Waals surface area contributed by atoms with Crippen LogP contribution in [-0.2, 0) is 9.59 Å². The Bertz CT molecular complexity index is 231. The Labute approximate surface area is 95.1 Å². The first-order valence-electron chi connectivity index (χ1n) is 5.63. The fraction of sp³-hybridized carbons (Fsp3) is 0.800. The number of hydrogen-bond donors (Lipinski definition) is 4. The fourth-order valence-electron chi connectivity index (χ4n) is 2.08. The zero-order valence-corrected chi connectivity index (χ0v) is 9.37. The molecular weight excluding hydrogens is 208 g/mol. The van der Waals surface area contributed by atoms with Gasteiger partial charge >= 0.3 is 0 Å². The van der Waals surface area contributed by atoms with Gasteiger partial charge in [-0.3, -0.25) is 9.59 Å². The molecule has 0 spiro atoms. The quantitative estimate of drug-likeness (QED) is 0.441. The van der Waals surface area contributed by atoms with E-state index in [4.69, 9.17) is 11.5 Å². The van der Waals surface area contributed by atoms with Crippen molar-refractivity contribution in [3.8, 4) is 0 Å². The molecule has 0 heterocycles. The highest BCUT2D eigenvalue weighted by Gasteiger charge is 2.24. The highest BCUT2D eigenvalue weighted by Crippen LogP contribution is 2.18. The smallest absolute Gasteiger partial charge is 0.231 e. The summed E-state index contributed by atoms with van der Waals surface area (Å²) in [5.41, 5.74) is 10.2. The second kappa shape index (κ2) is 6.44. The Morgan fingerprint density at radius 3 is 1.62 bits per heavy atom. The maximum absolute atomic E-state index is 10.7. The van der Waals surface area contributed by atoms with Crippen molar-refractivity contribution in [1.82, 2.24) is 10.6 Å². The zero-order valence-electron chi connectivity index (χ0n) is 9.37. The number of carbonyl (C=O) groups is 2. The zero-order chi connectivity index (χ0) is 12.0. The van der Waals surface area contributed by atoms with E-state index >= 15 is 0 Å². The van der Waals surface area contributed by atoms with Gasteiger partial charge in [0.1, 0.15) is 0 Å². The van der Waals surface area contributed by atoms with Gasteiger partial charge < -0.3 is 22.1 Å². The molecule has 6 N–H and O–H groups in total. The van der Waals surface area contributed by atoms with Crippen molar-refractivity contribution in [2.45, 2.75) is 37.8 Å². The van der Waals surface area contributed by atoms with E-state index in [1.807, 2.05) is 0 Å². The highest BCUT2D eigenvalue weighted by molar-refractivity contribution is 5.76. The summed E-state index contributed by atoms with van der Waals surface area (Å²) >= 11 is 0. The summed E-state index contributed by atoms with van der Waals surface area (Å²) in [6.07, 6.45) is 4.24. The van der Waals surface area contributed by atoms with Crippen LogP contribution >= 0.6 is 0 Å². The average molecular weight is 228 g/mol. The molecule has 0 aromatic carbocycles. The molecule has 2 amide bonds. The maximum atomic E-state index is 10.7. The van der Waals surface area contributed by atoms with Crippen molar-refractivity contribution in [2.75, 3.05) is 13.1 Å². The van der Waals surface area contributed by atoms with Gasteiger partial charge in [-0.25, -0.2) is 0 Å². The van der Waals surface area contributed by atoms with E-state index in [2.05, 4.69) is 10.6 Å². The van der Waals surface area contributed by atoms with Crippen LogP contribution in [0.25, 0.3) is 0 Å². The standard InChI is InChI=1S/C10H20N4O2/c11-9(15)5-13-7-3-1-2-4-8(7)14-6-10(12)16/h7-8,13-14H,1-6H2,(H2,11,15)(H2,12,16)/t7-,8-/m1/s1. The number of nitrogens with two attached hydrogens (primary N) is 2. The minimum atomic E-state index is -0.362. The van der Waals surface area contributed by atoms with E-state index in [1.54, 1.807) is 0 Å². The lowest BCUT2D eigenvalue weighted by Crippen LogP contribution is -2.53. The Morgan fingerprint density at radius 1 is 0.938 bits per heavy atom. The molecule has 0 radical (unpaired) electrons. The summed E-state index contributed by atoms with van der Waals surface area (Å²) in [6.45, 7) is 0.360. The molecule has 2 atom stereocenters. The molecular formula is C10H20N4O2. The molecule has 1 aliphatic carbocycles. The number of primary amides is 2. The minimum Gasteiger partial charge on any atom is -0.369 e. The van der Waals surface area contributed by atoms with E-state index in [-0.39, 0.29) is 37.0 Å². The summed E-state index contributed by atoms with van der Waals surface area (Å²) < 4.78 is 0. The number of carbonyl (C=O) groups excluding carboxylic acids is 2. The topological polar surface area (TPSA) is 110 Å². The van der Waals surface area contributed by atoms with Gasteiger partial charge in [-0.2, -0.15) is 0 Å². The number of rotatable bonds is 6. The predicted molar refractivity (Wildman–Crippen MR) is 60.4 cm³/mol.